The number of methoxy groups -OCH3 is 1. The van der Waals surface area contributed by atoms with Crippen LogP contribution in [0.4, 0.5) is 0 Å². The Bertz CT molecular complexity index is 1300. The van der Waals surface area contributed by atoms with Crippen LogP contribution < -0.4 is 9.47 Å². The molecule has 0 spiro atoms. The molecule has 2 aromatic carbocycles. The molecule has 1 aliphatic heterocycles. The predicted octanol–water partition coefficient (Wildman–Crippen LogP) is 4.88. The Morgan fingerprint density at radius 1 is 1.11 bits per heavy atom. The van der Waals surface area contributed by atoms with Crippen molar-refractivity contribution in [1.29, 1.82) is 0 Å². The number of likely N-dealkylation sites (tertiary alicyclic amines) is 1. The van der Waals surface area contributed by atoms with Crippen molar-refractivity contribution < 1.29 is 23.8 Å². The van der Waals surface area contributed by atoms with Crippen LogP contribution in [-0.2, 0) is 4.79 Å². The second kappa shape index (κ2) is 10.1. The van der Waals surface area contributed by atoms with Gasteiger partial charge in [0.25, 0.3) is 0 Å². The van der Waals surface area contributed by atoms with Gasteiger partial charge in [0.1, 0.15) is 29.8 Å². The fourth-order valence-corrected chi connectivity index (χ4v) is 4.63. The molecule has 4 aromatic rings. The minimum absolute atomic E-state index is 0.123. The Kier molecular flexibility index (Phi) is 6.63. The highest BCUT2D eigenvalue weighted by Crippen LogP contribution is 2.43. The van der Waals surface area contributed by atoms with Gasteiger partial charge in [-0.2, -0.15) is 0 Å². The molecule has 0 saturated carbocycles. The SMILES string of the molecule is COc1ccc(-c2c(-c3ccccc3)oc3ncnc(OC[C@H]4CCCN4CCC(=O)O)c23)cc1. The summed E-state index contributed by atoms with van der Waals surface area (Å²) in [5.74, 6) is 1.13. The molecule has 0 radical (unpaired) electrons. The molecule has 0 aliphatic carbocycles. The van der Waals surface area contributed by atoms with Gasteiger partial charge in [-0.05, 0) is 37.1 Å². The van der Waals surface area contributed by atoms with Gasteiger partial charge >= 0.3 is 5.97 Å². The average molecular weight is 474 g/mol. The molecule has 5 rings (SSSR count). The highest BCUT2D eigenvalue weighted by atomic mass is 16.5. The van der Waals surface area contributed by atoms with Crippen LogP contribution in [0.2, 0.25) is 0 Å². The third-order valence-electron chi connectivity index (χ3n) is 6.39. The van der Waals surface area contributed by atoms with Gasteiger partial charge in [-0.15, -0.1) is 0 Å². The zero-order valence-electron chi connectivity index (χ0n) is 19.5. The maximum Gasteiger partial charge on any atom is 0.304 e. The topological polar surface area (TPSA) is 97.9 Å². The predicted molar refractivity (Wildman–Crippen MR) is 132 cm³/mol. The number of hydrogen-bond donors (Lipinski definition) is 1. The van der Waals surface area contributed by atoms with Crippen molar-refractivity contribution in [2.24, 2.45) is 0 Å². The Hall–Kier alpha value is -3.91. The Labute approximate surface area is 203 Å². The second-order valence-electron chi connectivity index (χ2n) is 8.55. The molecule has 0 unspecified atom stereocenters. The minimum atomic E-state index is -0.787. The maximum atomic E-state index is 11.0. The van der Waals surface area contributed by atoms with Crippen LogP contribution in [0.5, 0.6) is 11.6 Å². The maximum absolute atomic E-state index is 11.0. The third kappa shape index (κ3) is 4.83. The normalized spacial score (nSPS) is 16.0. The van der Waals surface area contributed by atoms with E-state index in [9.17, 15) is 4.79 Å². The number of fused-ring (bicyclic) bond motifs is 1. The number of carbonyl (C=O) groups is 1. The number of nitrogens with zero attached hydrogens (tertiary/aromatic N) is 3. The zero-order valence-corrected chi connectivity index (χ0v) is 19.5. The number of benzene rings is 2. The molecule has 1 fully saturated rings. The number of rotatable bonds is 9. The molecular weight excluding hydrogens is 446 g/mol. The molecule has 1 N–H and O–H groups in total. The monoisotopic (exact) mass is 473 g/mol. The van der Waals surface area contributed by atoms with E-state index in [4.69, 9.17) is 19.0 Å². The molecule has 1 atom stereocenters. The summed E-state index contributed by atoms with van der Waals surface area (Å²) < 4.78 is 17.9. The van der Waals surface area contributed by atoms with Crippen LogP contribution >= 0.6 is 0 Å². The van der Waals surface area contributed by atoms with Crippen LogP contribution in [0.1, 0.15) is 19.3 Å². The smallest absolute Gasteiger partial charge is 0.304 e. The van der Waals surface area contributed by atoms with Gasteiger partial charge in [0, 0.05) is 23.7 Å². The van der Waals surface area contributed by atoms with E-state index in [0.717, 1.165) is 41.8 Å². The molecule has 0 bridgehead atoms. The zero-order chi connectivity index (χ0) is 24.2. The summed E-state index contributed by atoms with van der Waals surface area (Å²) in [7, 11) is 1.64. The third-order valence-corrected chi connectivity index (χ3v) is 6.39. The van der Waals surface area contributed by atoms with E-state index in [2.05, 4.69) is 14.9 Å². The summed E-state index contributed by atoms with van der Waals surface area (Å²) in [5.41, 5.74) is 3.18. The summed E-state index contributed by atoms with van der Waals surface area (Å²) in [5, 5.41) is 9.78. The second-order valence-corrected chi connectivity index (χ2v) is 8.55. The average Bonchev–Trinajstić information content (AvgIpc) is 3.51. The lowest BCUT2D eigenvalue weighted by atomic mass is 9.99. The largest absolute Gasteiger partial charge is 0.497 e. The van der Waals surface area contributed by atoms with Crippen LogP contribution in [0, 0.1) is 0 Å². The number of carboxylic acid groups (broad SMARTS) is 1. The Balaban J connectivity index is 1.53. The molecule has 2 aromatic heterocycles. The standard InChI is InChI=1S/C27H27N3O5/c1-33-21-11-9-18(10-12-21)23-24-26(34-16-20-8-5-14-30(20)15-13-22(31)32)28-17-29-27(24)35-25(23)19-6-3-2-4-7-19/h2-4,6-7,9-12,17,20H,5,8,13-16H2,1H3,(H,31,32)/t20-/m1/s1. The molecule has 1 aliphatic rings. The van der Waals surface area contributed by atoms with Crippen molar-refractivity contribution in [3.05, 3.63) is 60.9 Å². The van der Waals surface area contributed by atoms with E-state index in [0.29, 0.717) is 35.9 Å². The molecule has 0 amide bonds. The van der Waals surface area contributed by atoms with Crippen molar-refractivity contribution in [1.82, 2.24) is 14.9 Å². The first-order valence-corrected chi connectivity index (χ1v) is 11.7. The Morgan fingerprint density at radius 2 is 1.91 bits per heavy atom. The van der Waals surface area contributed by atoms with E-state index < -0.39 is 5.97 Å². The van der Waals surface area contributed by atoms with E-state index in [1.807, 2.05) is 54.6 Å². The molecule has 3 heterocycles. The van der Waals surface area contributed by atoms with Gasteiger partial charge in [-0.3, -0.25) is 9.69 Å². The van der Waals surface area contributed by atoms with Gasteiger partial charge < -0.3 is 19.0 Å². The molecule has 1 saturated heterocycles. The van der Waals surface area contributed by atoms with Crippen molar-refractivity contribution in [2.45, 2.75) is 25.3 Å². The fourth-order valence-electron chi connectivity index (χ4n) is 4.63. The van der Waals surface area contributed by atoms with Crippen molar-refractivity contribution in [2.75, 3.05) is 26.8 Å². The number of aromatic nitrogens is 2. The lowest BCUT2D eigenvalue weighted by molar-refractivity contribution is -0.137. The summed E-state index contributed by atoms with van der Waals surface area (Å²) in [6, 6.07) is 17.8. The van der Waals surface area contributed by atoms with Crippen molar-refractivity contribution in [3.63, 3.8) is 0 Å². The number of hydrogen-bond acceptors (Lipinski definition) is 7. The quantitative estimate of drug-likeness (QED) is 0.367. The van der Waals surface area contributed by atoms with Crippen LogP contribution in [-0.4, -0.2) is 58.8 Å². The summed E-state index contributed by atoms with van der Waals surface area (Å²) >= 11 is 0. The first-order valence-electron chi connectivity index (χ1n) is 11.7. The molecule has 35 heavy (non-hydrogen) atoms. The number of ether oxygens (including phenoxy) is 2. The molecule has 8 nitrogen and oxygen atoms in total. The highest BCUT2D eigenvalue weighted by Gasteiger charge is 2.27. The number of furan rings is 1. The highest BCUT2D eigenvalue weighted by molar-refractivity contribution is 6.03. The fraction of sp³-hybridized carbons (Fsp3) is 0.296. The van der Waals surface area contributed by atoms with Crippen LogP contribution in [0.15, 0.2) is 65.3 Å². The molecule has 8 heteroatoms. The summed E-state index contributed by atoms with van der Waals surface area (Å²) in [4.78, 5) is 22.1. The summed E-state index contributed by atoms with van der Waals surface area (Å²) in [6.45, 7) is 1.81. The number of aliphatic carboxylic acids is 1. The van der Waals surface area contributed by atoms with Gasteiger partial charge in [-0.25, -0.2) is 9.97 Å². The molecular formula is C27H27N3O5. The van der Waals surface area contributed by atoms with E-state index in [1.165, 1.54) is 6.33 Å². The Morgan fingerprint density at radius 3 is 2.66 bits per heavy atom. The van der Waals surface area contributed by atoms with Gasteiger partial charge in [0.05, 0.1) is 13.5 Å². The lowest BCUT2D eigenvalue weighted by Gasteiger charge is -2.23. The van der Waals surface area contributed by atoms with Crippen LogP contribution in [0.3, 0.4) is 0 Å². The van der Waals surface area contributed by atoms with Gasteiger partial charge in [0.2, 0.25) is 11.6 Å². The van der Waals surface area contributed by atoms with Crippen LogP contribution in [0.25, 0.3) is 33.6 Å². The first-order chi connectivity index (χ1) is 17.1. The van der Waals surface area contributed by atoms with Crippen molar-refractivity contribution in [3.8, 4) is 34.1 Å². The number of carboxylic acids is 1. The minimum Gasteiger partial charge on any atom is -0.497 e. The van der Waals surface area contributed by atoms with Gasteiger partial charge in [0.15, 0.2) is 0 Å². The lowest BCUT2D eigenvalue weighted by Crippen LogP contribution is -2.35. The first kappa shape index (κ1) is 22.9. The van der Waals surface area contributed by atoms with E-state index >= 15 is 0 Å². The van der Waals surface area contributed by atoms with E-state index in [-0.39, 0.29) is 12.5 Å². The van der Waals surface area contributed by atoms with E-state index in [1.54, 1.807) is 7.11 Å². The van der Waals surface area contributed by atoms with Gasteiger partial charge in [-0.1, -0.05) is 42.5 Å². The molecule has 180 valence electrons. The summed E-state index contributed by atoms with van der Waals surface area (Å²) in [6.07, 6.45) is 3.55. The van der Waals surface area contributed by atoms with Crippen molar-refractivity contribution >= 4 is 17.1 Å².